The van der Waals surface area contributed by atoms with E-state index in [4.69, 9.17) is 15.2 Å². The summed E-state index contributed by atoms with van der Waals surface area (Å²) in [4.78, 5) is 25.9. The number of ether oxygens (including phenoxy) is 2. The molecule has 1 aliphatic rings. The van der Waals surface area contributed by atoms with Gasteiger partial charge in [-0.1, -0.05) is 19.9 Å². The molecule has 3 amide bonds. The van der Waals surface area contributed by atoms with Crippen LogP contribution in [0.25, 0.3) is 0 Å². The van der Waals surface area contributed by atoms with Gasteiger partial charge < -0.3 is 25.4 Å². The van der Waals surface area contributed by atoms with Crippen molar-refractivity contribution in [3.63, 3.8) is 0 Å². The summed E-state index contributed by atoms with van der Waals surface area (Å²) in [5, 5.41) is 3.17. The summed E-state index contributed by atoms with van der Waals surface area (Å²) >= 11 is 0. The van der Waals surface area contributed by atoms with E-state index in [1.165, 1.54) is 0 Å². The van der Waals surface area contributed by atoms with Gasteiger partial charge in [0.05, 0.1) is 25.2 Å². The van der Waals surface area contributed by atoms with E-state index in [1.807, 2.05) is 32.0 Å². The molecule has 0 aliphatic carbocycles. The molecule has 28 heavy (non-hydrogen) atoms. The van der Waals surface area contributed by atoms with E-state index in [9.17, 15) is 9.59 Å². The summed E-state index contributed by atoms with van der Waals surface area (Å²) < 4.78 is 11.4. The Labute approximate surface area is 167 Å². The molecule has 7 heteroatoms. The highest BCUT2D eigenvalue weighted by Gasteiger charge is 2.30. The van der Waals surface area contributed by atoms with Gasteiger partial charge in [-0.05, 0) is 50.3 Å². The van der Waals surface area contributed by atoms with E-state index < -0.39 is 6.03 Å². The number of carbonyl (C=O) groups excluding carboxylic acids is 2. The van der Waals surface area contributed by atoms with Crippen molar-refractivity contribution in [2.45, 2.75) is 46.6 Å². The van der Waals surface area contributed by atoms with Crippen LogP contribution in [0.5, 0.6) is 11.5 Å². The first-order valence-corrected chi connectivity index (χ1v) is 10.1. The van der Waals surface area contributed by atoms with Crippen molar-refractivity contribution in [1.29, 1.82) is 0 Å². The average Bonchev–Trinajstić information content (AvgIpc) is 2.67. The highest BCUT2D eigenvalue weighted by atomic mass is 16.5. The van der Waals surface area contributed by atoms with Crippen molar-refractivity contribution < 1.29 is 19.1 Å². The molecule has 2 unspecified atom stereocenters. The Morgan fingerprint density at radius 1 is 1.21 bits per heavy atom. The summed E-state index contributed by atoms with van der Waals surface area (Å²) in [6, 6.07) is 5.17. The monoisotopic (exact) mass is 391 g/mol. The third-order valence-corrected chi connectivity index (χ3v) is 4.99. The van der Waals surface area contributed by atoms with Crippen LogP contribution in [-0.2, 0) is 4.79 Å². The Morgan fingerprint density at radius 3 is 2.50 bits per heavy atom. The highest BCUT2D eigenvalue weighted by molar-refractivity contribution is 5.81. The lowest BCUT2D eigenvalue weighted by Crippen LogP contribution is -2.48. The lowest BCUT2D eigenvalue weighted by Gasteiger charge is -2.32. The maximum Gasteiger partial charge on any atom is 0.314 e. The van der Waals surface area contributed by atoms with Gasteiger partial charge in [-0.15, -0.1) is 0 Å². The number of urea groups is 1. The molecule has 1 fully saturated rings. The van der Waals surface area contributed by atoms with Crippen LogP contribution in [0.2, 0.25) is 0 Å². The number of primary amides is 1. The van der Waals surface area contributed by atoms with Gasteiger partial charge in [0.1, 0.15) is 0 Å². The van der Waals surface area contributed by atoms with E-state index >= 15 is 0 Å². The first-order valence-electron chi connectivity index (χ1n) is 10.1. The lowest BCUT2D eigenvalue weighted by molar-refractivity contribution is -0.127. The summed E-state index contributed by atoms with van der Waals surface area (Å²) in [6.07, 6.45) is 1.54. The van der Waals surface area contributed by atoms with Crippen LogP contribution >= 0.6 is 0 Å². The number of nitrogens with two attached hydrogens (primary N) is 1. The second-order valence-electron chi connectivity index (χ2n) is 7.43. The smallest absolute Gasteiger partial charge is 0.314 e. The fraction of sp³-hybridized carbons (Fsp3) is 0.619. The molecule has 2 atom stereocenters. The predicted molar refractivity (Wildman–Crippen MR) is 108 cm³/mol. The van der Waals surface area contributed by atoms with Crippen LogP contribution in [0.3, 0.4) is 0 Å². The minimum atomic E-state index is -0.467. The molecule has 1 aromatic carbocycles. The van der Waals surface area contributed by atoms with Crippen LogP contribution in [0.15, 0.2) is 18.2 Å². The number of rotatable bonds is 8. The Kier molecular flexibility index (Phi) is 7.96. The Morgan fingerprint density at radius 2 is 1.89 bits per heavy atom. The van der Waals surface area contributed by atoms with E-state index in [2.05, 4.69) is 19.2 Å². The van der Waals surface area contributed by atoms with Crippen molar-refractivity contribution in [2.75, 3.05) is 26.3 Å². The fourth-order valence-electron chi connectivity index (χ4n) is 3.56. The zero-order valence-corrected chi connectivity index (χ0v) is 17.4. The van der Waals surface area contributed by atoms with Crippen molar-refractivity contribution >= 4 is 11.9 Å². The first kappa shape index (κ1) is 21.9. The zero-order valence-electron chi connectivity index (χ0n) is 17.4. The molecule has 0 spiro atoms. The van der Waals surface area contributed by atoms with Gasteiger partial charge in [-0.25, -0.2) is 4.79 Å². The number of nitrogens with zero attached hydrogens (tertiary/aromatic N) is 1. The normalized spacial score (nSPS) is 17.9. The number of benzene rings is 1. The quantitative estimate of drug-likeness (QED) is 0.712. The third-order valence-electron chi connectivity index (χ3n) is 4.99. The molecule has 0 saturated carbocycles. The zero-order chi connectivity index (χ0) is 20.7. The van der Waals surface area contributed by atoms with Crippen LogP contribution in [0.1, 0.15) is 52.1 Å². The van der Waals surface area contributed by atoms with Crippen molar-refractivity contribution in [1.82, 2.24) is 10.2 Å². The molecule has 0 bridgehead atoms. The number of nitrogens with one attached hydrogen (secondary N) is 1. The molecular formula is C21H33N3O4. The summed E-state index contributed by atoms with van der Waals surface area (Å²) in [6.45, 7) is 10.1. The van der Waals surface area contributed by atoms with Crippen molar-refractivity contribution in [3.05, 3.63) is 23.8 Å². The van der Waals surface area contributed by atoms with Crippen molar-refractivity contribution in [2.24, 2.45) is 17.6 Å². The number of amides is 3. The summed E-state index contributed by atoms with van der Waals surface area (Å²) in [7, 11) is 0. The maximum absolute atomic E-state index is 12.9. The molecular weight excluding hydrogens is 358 g/mol. The fourth-order valence-corrected chi connectivity index (χ4v) is 3.56. The number of piperidine rings is 1. The SMILES string of the molecule is CCOc1ccc(C(NC(=O)C2CCCN(C(N)=O)C2)C(C)C)cc1OCC. The minimum Gasteiger partial charge on any atom is -0.490 e. The second-order valence-corrected chi connectivity index (χ2v) is 7.43. The van der Waals surface area contributed by atoms with Gasteiger partial charge in [-0.3, -0.25) is 4.79 Å². The maximum atomic E-state index is 12.9. The molecule has 3 N–H and O–H groups in total. The number of carbonyl (C=O) groups is 2. The lowest BCUT2D eigenvalue weighted by atomic mass is 9.92. The van der Waals surface area contributed by atoms with Crippen molar-refractivity contribution in [3.8, 4) is 11.5 Å². The second kappa shape index (κ2) is 10.2. The van der Waals surface area contributed by atoms with Gasteiger partial charge >= 0.3 is 6.03 Å². The molecule has 2 rings (SSSR count). The largest absolute Gasteiger partial charge is 0.490 e. The van der Waals surface area contributed by atoms with Crippen LogP contribution in [0.4, 0.5) is 4.79 Å². The number of hydrogen-bond acceptors (Lipinski definition) is 4. The Hall–Kier alpha value is -2.44. The van der Waals surface area contributed by atoms with Crippen LogP contribution in [0, 0.1) is 11.8 Å². The van der Waals surface area contributed by atoms with Gasteiger partial charge in [0, 0.05) is 13.1 Å². The van der Waals surface area contributed by atoms with E-state index in [1.54, 1.807) is 4.90 Å². The topological polar surface area (TPSA) is 93.9 Å². The predicted octanol–water partition coefficient (Wildman–Crippen LogP) is 3.09. The average molecular weight is 392 g/mol. The third kappa shape index (κ3) is 5.53. The van der Waals surface area contributed by atoms with E-state index in [0.29, 0.717) is 37.8 Å². The highest BCUT2D eigenvalue weighted by Crippen LogP contribution is 2.33. The minimum absolute atomic E-state index is 0.0449. The van der Waals surface area contributed by atoms with E-state index in [0.717, 1.165) is 18.4 Å². The summed E-state index contributed by atoms with van der Waals surface area (Å²) in [5.41, 5.74) is 6.35. The van der Waals surface area contributed by atoms with E-state index in [-0.39, 0.29) is 23.8 Å². The molecule has 0 aromatic heterocycles. The van der Waals surface area contributed by atoms with Crippen LogP contribution in [-0.4, -0.2) is 43.1 Å². The Balaban J connectivity index is 2.17. The van der Waals surface area contributed by atoms with Gasteiger partial charge in [0.15, 0.2) is 11.5 Å². The summed E-state index contributed by atoms with van der Waals surface area (Å²) in [5.74, 6) is 1.28. The molecule has 7 nitrogen and oxygen atoms in total. The number of likely N-dealkylation sites (tertiary alicyclic amines) is 1. The molecule has 1 aromatic rings. The molecule has 1 aliphatic heterocycles. The Bertz CT molecular complexity index is 678. The molecule has 1 saturated heterocycles. The first-order chi connectivity index (χ1) is 13.4. The number of hydrogen-bond donors (Lipinski definition) is 2. The van der Waals surface area contributed by atoms with Crippen LogP contribution < -0.4 is 20.5 Å². The molecule has 1 heterocycles. The van der Waals surface area contributed by atoms with Gasteiger partial charge in [-0.2, -0.15) is 0 Å². The molecule has 156 valence electrons. The molecule has 0 radical (unpaired) electrons. The van der Waals surface area contributed by atoms with Gasteiger partial charge in [0.2, 0.25) is 5.91 Å². The standard InChI is InChI=1S/C21H33N3O4/c1-5-27-17-10-9-15(12-18(17)28-6-2)19(14(3)4)23-20(25)16-8-7-11-24(13-16)21(22)26/h9-10,12,14,16,19H,5-8,11,13H2,1-4H3,(H2,22,26)(H,23,25). The van der Waals surface area contributed by atoms with Gasteiger partial charge in [0.25, 0.3) is 0 Å².